The maximum Gasteiger partial charge on any atom is 0.408 e. The third-order valence-corrected chi connectivity index (χ3v) is 3.76. The zero-order valence-corrected chi connectivity index (χ0v) is 15.0. The lowest BCUT2D eigenvalue weighted by Crippen LogP contribution is -2.48. The van der Waals surface area contributed by atoms with Crippen molar-refractivity contribution in [2.75, 3.05) is 13.7 Å². The van der Waals surface area contributed by atoms with Crippen molar-refractivity contribution in [3.8, 4) is 11.8 Å². The molecule has 0 aromatic heterocycles. The predicted octanol–water partition coefficient (Wildman–Crippen LogP) is 2.17. The molecule has 0 bridgehead atoms. The topological polar surface area (TPSA) is 100 Å². The summed E-state index contributed by atoms with van der Waals surface area (Å²) in [5, 5.41) is 13.7. The van der Waals surface area contributed by atoms with Crippen LogP contribution in [-0.2, 0) is 22.6 Å². The molecule has 2 aromatic rings. The second kappa shape index (κ2) is 10.5. The second-order valence-electron chi connectivity index (χ2n) is 5.69. The molecular weight excluding hydrogens is 346 g/mol. The van der Waals surface area contributed by atoms with Crippen molar-refractivity contribution in [2.24, 2.45) is 0 Å². The lowest BCUT2D eigenvalue weighted by atomic mass is 10.1. The first kappa shape index (κ1) is 19.8. The zero-order valence-electron chi connectivity index (χ0n) is 15.0. The van der Waals surface area contributed by atoms with Gasteiger partial charge in [0.15, 0.2) is 0 Å². The summed E-state index contributed by atoms with van der Waals surface area (Å²) < 4.78 is 10.3. The molecule has 0 aliphatic heterocycles. The Bertz CT molecular complexity index is 785. The summed E-state index contributed by atoms with van der Waals surface area (Å²) in [6.45, 7) is -0.0412. The minimum Gasteiger partial charge on any atom is -0.497 e. The number of rotatable bonds is 8. The minimum atomic E-state index is -0.866. The molecular formula is C20H21N3O4. The molecule has 2 amide bonds. The van der Waals surface area contributed by atoms with Gasteiger partial charge in [0, 0.05) is 6.42 Å². The smallest absolute Gasteiger partial charge is 0.408 e. The van der Waals surface area contributed by atoms with Crippen molar-refractivity contribution in [3.05, 3.63) is 65.7 Å². The number of benzene rings is 2. The van der Waals surface area contributed by atoms with Crippen LogP contribution in [0.4, 0.5) is 4.79 Å². The maximum atomic E-state index is 12.3. The summed E-state index contributed by atoms with van der Waals surface area (Å²) in [7, 11) is 1.57. The molecule has 2 rings (SSSR count). The van der Waals surface area contributed by atoms with Crippen LogP contribution >= 0.6 is 0 Å². The lowest BCUT2D eigenvalue weighted by molar-refractivity contribution is -0.122. The monoisotopic (exact) mass is 367 g/mol. The van der Waals surface area contributed by atoms with E-state index >= 15 is 0 Å². The van der Waals surface area contributed by atoms with Crippen LogP contribution in [0.5, 0.6) is 5.75 Å². The summed E-state index contributed by atoms with van der Waals surface area (Å²) >= 11 is 0. The molecule has 0 saturated carbocycles. The summed E-state index contributed by atoms with van der Waals surface area (Å²) in [5.74, 6) is 0.239. The number of ether oxygens (including phenoxy) is 2. The largest absolute Gasteiger partial charge is 0.497 e. The fourth-order valence-corrected chi connectivity index (χ4v) is 2.36. The van der Waals surface area contributed by atoms with E-state index in [0.717, 1.165) is 11.1 Å². The van der Waals surface area contributed by atoms with E-state index in [1.807, 2.05) is 36.4 Å². The molecule has 27 heavy (non-hydrogen) atoms. The van der Waals surface area contributed by atoms with Crippen molar-refractivity contribution in [1.29, 1.82) is 5.26 Å². The van der Waals surface area contributed by atoms with Gasteiger partial charge in [0.25, 0.3) is 0 Å². The first-order valence-electron chi connectivity index (χ1n) is 8.37. The summed E-state index contributed by atoms with van der Waals surface area (Å²) in [5.41, 5.74) is 1.67. The van der Waals surface area contributed by atoms with Gasteiger partial charge in [0.2, 0.25) is 5.91 Å². The number of hydrogen-bond acceptors (Lipinski definition) is 5. The summed E-state index contributed by atoms with van der Waals surface area (Å²) in [4.78, 5) is 24.4. The fraction of sp³-hybridized carbons (Fsp3) is 0.250. The van der Waals surface area contributed by atoms with Crippen molar-refractivity contribution in [2.45, 2.75) is 19.1 Å². The molecule has 0 aliphatic carbocycles. The number of nitrogens with one attached hydrogen (secondary N) is 2. The molecule has 7 nitrogen and oxygen atoms in total. The number of nitriles is 1. The van der Waals surface area contributed by atoms with Gasteiger partial charge in [0.1, 0.15) is 24.9 Å². The molecule has 0 fully saturated rings. The Morgan fingerprint density at radius 1 is 1.07 bits per heavy atom. The molecule has 2 N–H and O–H groups in total. The Morgan fingerprint density at radius 2 is 1.78 bits per heavy atom. The Balaban J connectivity index is 1.98. The van der Waals surface area contributed by atoms with E-state index in [2.05, 4.69) is 10.6 Å². The Labute approximate surface area is 157 Å². The quantitative estimate of drug-likeness (QED) is 0.697. The molecule has 1 unspecified atom stereocenters. The van der Waals surface area contributed by atoms with E-state index in [4.69, 9.17) is 14.7 Å². The molecule has 0 radical (unpaired) electrons. The number of amides is 2. The van der Waals surface area contributed by atoms with Crippen molar-refractivity contribution in [3.63, 3.8) is 0 Å². The average molecular weight is 367 g/mol. The van der Waals surface area contributed by atoms with Crippen molar-refractivity contribution in [1.82, 2.24) is 10.6 Å². The molecule has 7 heteroatoms. The fourth-order valence-electron chi connectivity index (χ4n) is 2.36. The molecule has 2 aromatic carbocycles. The van der Waals surface area contributed by atoms with Crippen LogP contribution in [0.1, 0.15) is 11.1 Å². The van der Waals surface area contributed by atoms with E-state index in [1.165, 1.54) is 0 Å². The van der Waals surface area contributed by atoms with Gasteiger partial charge < -0.3 is 20.1 Å². The third kappa shape index (κ3) is 6.71. The van der Waals surface area contributed by atoms with Crippen LogP contribution in [0.25, 0.3) is 0 Å². The number of methoxy groups -OCH3 is 1. The van der Waals surface area contributed by atoms with E-state index in [0.29, 0.717) is 5.75 Å². The van der Waals surface area contributed by atoms with Crippen LogP contribution in [0.3, 0.4) is 0 Å². The number of carbonyl (C=O) groups excluding carboxylic acids is 2. The molecule has 0 spiro atoms. The van der Waals surface area contributed by atoms with Gasteiger partial charge in [-0.1, -0.05) is 42.5 Å². The van der Waals surface area contributed by atoms with Crippen LogP contribution in [0.15, 0.2) is 54.6 Å². The highest BCUT2D eigenvalue weighted by atomic mass is 16.5. The van der Waals surface area contributed by atoms with Gasteiger partial charge in [-0.15, -0.1) is 0 Å². The van der Waals surface area contributed by atoms with Gasteiger partial charge in [-0.25, -0.2) is 4.79 Å². The maximum absolute atomic E-state index is 12.3. The Morgan fingerprint density at radius 3 is 2.41 bits per heavy atom. The Hall–Kier alpha value is -3.53. The second-order valence-corrected chi connectivity index (χ2v) is 5.69. The SMILES string of the molecule is COc1ccc(CC(NC(=O)OCc2ccccc2)C(=O)NCC#N)cc1. The predicted molar refractivity (Wildman–Crippen MR) is 98.9 cm³/mol. The number of carbonyl (C=O) groups is 2. The van der Waals surface area contributed by atoms with Crippen molar-refractivity contribution >= 4 is 12.0 Å². The number of alkyl carbamates (subject to hydrolysis) is 1. The standard InChI is InChI=1S/C20H21N3O4/c1-26-17-9-7-15(8-10-17)13-18(19(24)22-12-11-21)23-20(25)27-14-16-5-3-2-4-6-16/h2-10,18H,12-14H2,1H3,(H,22,24)(H,23,25). The summed E-state index contributed by atoms with van der Waals surface area (Å²) in [6.07, 6.45) is -0.453. The van der Waals surface area contributed by atoms with E-state index in [1.54, 1.807) is 31.4 Å². The average Bonchev–Trinajstić information content (AvgIpc) is 2.71. The van der Waals surface area contributed by atoms with Gasteiger partial charge in [0.05, 0.1) is 13.2 Å². The van der Waals surface area contributed by atoms with Crippen LogP contribution in [0.2, 0.25) is 0 Å². The minimum absolute atomic E-state index is 0.0990. The van der Waals surface area contributed by atoms with Gasteiger partial charge >= 0.3 is 6.09 Å². The van der Waals surface area contributed by atoms with Gasteiger partial charge in [-0.3, -0.25) is 4.79 Å². The molecule has 1 atom stereocenters. The highest BCUT2D eigenvalue weighted by Crippen LogP contribution is 2.13. The van der Waals surface area contributed by atoms with Crippen LogP contribution in [-0.4, -0.2) is 31.7 Å². The summed E-state index contributed by atoms with van der Waals surface area (Å²) in [6, 6.07) is 17.4. The van der Waals surface area contributed by atoms with Crippen LogP contribution < -0.4 is 15.4 Å². The first-order valence-corrected chi connectivity index (χ1v) is 8.37. The van der Waals surface area contributed by atoms with Crippen LogP contribution in [0, 0.1) is 11.3 Å². The number of hydrogen-bond donors (Lipinski definition) is 2. The van der Waals surface area contributed by atoms with Gasteiger partial charge in [-0.2, -0.15) is 5.26 Å². The van der Waals surface area contributed by atoms with E-state index in [-0.39, 0.29) is 19.6 Å². The van der Waals surface area contributed by atoms with Crippen molar-refractivity contribution < 1.29 is 19.1 Å². The highest BCUT2D eigenvalue weighted by molar-refractivity contribution is 5.86. The highest BCUT2D eigenvalue weighted by Gasteiger charge is 2.22. The third-order valence-electron chi connectivity index (χ3n) is 3.76. The van der Waals surface area contributed by atoms with Gasteiger partial charge in [-0.05, 0) is 23.3 Å². The normalized spacial score (nSPS) is 11.0. The molecule has 0 aliphatic rings. The molecule has 0 heterocycles. The van der Waals surface area contributed by atoms with E-state index in [9.17, 15) is 9.59 Å². The first-order chi connectivity index (χ1) is 13.1. The van der Waals surface area contributed by atoms with E-state index < -0.39 is 18.0 Å². The molecule has 0 saturated heterocycles. The molecule has 140 valence electrons. The number of nitrogens with zero attached hydrogens (tertiary/aromatic N) is 1. The zero-order chi connectivity index (χ0) is 19.5. The lowest BCUT2D eigenvalue weighted by Gasteiger charge is -2.18. The Kier molecular flexibility index (Phi) is 7.67.